The Morgan fingerprint density at radius 1 is 0.906 bits per heavy atom. The Morgan fingerprint density at radius 3 is 2.44 bits per heavy atom. The number of aromatic nitrogens is 1. The van der Waals surface area contributed by atoms with Crippen LogP contribution >= 0.6 is 0 Å². The van der Waals surface area contributed by atoms with Crippen LogP contribution < -0.4 is 10.1 Å². The molecule has 0 aliphatic rings. The highest BCUT2D eigenvalue weighted by atomic mass is 16.5. The average Bonchev–Trinajstić information content (AvgIpc) is 2.82. The van der Waals surface area contributed by atoms with Crippen molar-refractivity contribution in [2.75, 3.05) is 12.4 Å². The van der Waals surface area contributed by atoms with Crippen LogP contribution in [-0.2, 0) is 9.53 Å². The van der Waals surface area contributed by atoms with Crippen LogP contribution in [0.3, 0.4) is 0 Å². The summed E-state index contributed by atoms with van der Waals surface area (Å²) in [4.78, 5) is 30.8. The largest absolute Gasteiger partial charge is 0.497 e. The summed E-state index contributed by atoms with van der Waals surface area (Å²) in [6.07, 6.45) is -1.14. The van der Waals surface area contributed by atoms with Gasteiger partial charge in [-0.1, -0.05) is 54.6 Å². The normalized spacial score (nSPS) is 11.6. The number of nitrogens with one attached hydrogen (secondary N) is 1. The lowest BCUT2D eigenvalue weighted by atomic mass is 10.1. The van der Waals surface area contributed by atoms with Crippen molar-refractivity contribution in [2.24, 2.45) is 0 Å². The van der Waals surface area contributed by atoms with Crippen molar-refractivity contribution in [1.29, 1.82) is 0 Å². The highest BCUT2D eigenvalue weighted by molar-refractivity contribution is 6.05. The first-order chi connectivity index (χ1) is 15.5. The SMILES string of the molecule is COc1cccc(NC(=O)C(OC(=O)c2cc(C)nc3ccccc23)c2ccccc2)c1. The molecule has 160 valence electrons. The third-order valence-corrected chi connectivity index (χ3v) is 4.97. The molecule has 3 aromatic carbocycles. The van der Waals surface area contributed by atoms with Crippen molar-refractivity contribution in [3.8, 4) is 5.75 Å². The second kappa shape index (κ2) is 9.31. The molecule has 6 nitrogen and oxygen atoms in total. The minimum atomic E-state index is -1.14. The maximum atomic E-state index is 13.2. The Kier molecular flexibility index (Phi) is 6.12. The Labute approximate surface area is 185 Å². The highest BCUT2D eigenvalue weighted by Crippen LogP contribution is 2.26. The van der Waals surface area contributed by atoms with E-state index in [-0.39, 0.29) is 0 Å². The van der Waals surface area contributed by atoms with Crippen molar-refractivity contribution >= 4 is 28.5 Å². The molecule has 0 spiro atoms. The standard InChI is InChI=1S/C26H22N2O4/c1-17-15-22(21-13-6-7-14-23(21)27-17)26(30)32-24(18-9-4-3-5-10-18)25(29)28-19-11-8-12-20(16-19)31-2/h3-16,24H,1-2H3,(H,28,29). The number of hydrogen-bond acceptors (Lipinski definition) is 5. The van der Waals surface area contributed by atoms with E-state index < -0.39 is 18.0 Å². The first-order valence-electron chi connectivity index (χ1n) is 10.1. The molecular formula is C26H22N2O4. The minimum Gasteiger partial charge on any atom is -0.497 e. The number of hydrogen-bond donors (Lipinski definition) is 1. The Hall–Kier alpha value is -4.19. The van der Waals surface area contributed by atoms with Crippen LogP contribution in [0, 0.1) is 6.92 Å². The van der Waals surface area contributed by atoms with Gasteiger partial charge < -0.3 is 14.8 Å². The number of esters is 1. The zero-order valence-corrected chi connectivity index (χ0v) is 17.7. The predicted molar refractivity (Wildman–Crippen MR) is 123 cm³/mol. The molecule has 1 unspecified atom stereocenters. The van der Waals surface area contributed by atoms with Gasteiger partial charge in [-0.3, -0.25) is 9.78 Å². The second-order valence-corrected chi connectivity index (χ2v) is 7.25. The molecule has 1 atom stereocenters. The van der Waals surface area contributed by atoms with Crippen LogP contribution in [0.1, 0.15) is 27.7 Å². The molecule has 0 aliphatic heterocycles. The van der Waals surface area contributed by atoms with Crippen LogP contribution in [0.25, 0.3) is 10.9 Å². The molecular weight excluding hydrogens is 404 g/mol. The van der Waals surface area contributed by atoms with Crippen LogP contribution in [0.2, 0.25) is 0 Å². The zero-order valence-electron chi connectivity index (χ0n) is 17.7. The molecule has 6 heteroatoms. The fourth-order valence-corrected chi connectivity index (χ4v) is 3.46. The predicted octanol–water partition coefficient (Wildman–Crippen LogP) is 5.09. The van der Waals surface area contributed by atoms with Gasteiger partial charge in [0.05, 0.1) is 18.2 Å². The summed E-state index contributed by atoms with van der Waals surface area (Å²) in [6.45, 7) is 1.81. The van der Waals surface area contributed by atoms with Gasteiger partial charge in [-0.15, -0.1) is 0 Å². The number of ether oxygens (including phenoxy) is 2. The number of aryl methyl sites for hydroxylation is 1. The molecule has 0 saturated heterocycles. The van der Waals surface area contributed by atoms with Gasteiger partial charge >= 0.3 is 5.97 Å². The molecule has 4 aromatic rings. The van der Waals surface area contributed by atoms with E-state index in [0.29, 0.717) is 39.2 Å². The van der Waals surface area contributed by atoms with Gasteiger partial charge in [-0.2, -0.15) is 0 Å². The summed E-state index contributed by atoms with van der Waals surface area (Å²) in [5.41, 5.74) is 2.85. The topological polar surface area (TPSA) is 77.5 Å². The van der Waals surface area contributed by atoms with E-state index in [0.717, 1.165) is 0 Å². The lowest BCUT2D eigenvalue weighted by Gasteiger charge is -2.19. The van der Waals surface area contributed by atoms with Crippen molar-refractivity contribution in [3.63, 3.8) is 0 Å². The number of pyridine rings is 1. The van der Waals surface area contributed by atoms with Crippen LogP contribution in [0.15, 0.2) is 84.9 Å². The fourth-order valence-electron chi connectivity index (χ4n) is 3.46. The van der Waals surface area contributed by atoms with Gasteiger partial charge in [-0.25, -0.2) is 4.79 Å². The fraction of sp³-hybridized carbons (Fsp3) is 0.115. The van der Waals surface area contributed by atoms with E-state index >= 15 is 0 Å². The molecule has 1 heterocycles. The van der Waals surface area contributed by atoms with Gasteiger partial charge in [0, 0.05) is 28.4 Å². The molecule has 1 amide bonds. The summed E-state index contributed by atoms with van der Waals surface area (Å²) >= 11 is 0. The summed E-state index contributed by atoms with van der Waals surface area (Å²) in [6, 6.07) is 24.9. The smallest absolute Gasteiger partial charge is 0.340 e. The minimum absolute atomic E-state index is 0.364. The van der Waals surface area contributed by atoms with E-state index in [4.69, 9.17) is 9.47 Å². The van der Waals surface area contributed by atoms with E-state index in [2.05, 4.69) is 10.3 Å². The third-order valence-electron chi connectivity index (χ3n) is 4.97. The molecule has 0 bridgehead atoms. The Morgan fingerprint density at radius 2 is 1.66 bits per heavy atom. The van der Waals surface area contributed by atoms with Crippen molar-refractivity contribution < 1.29 is 19.1 Å². The molecule has 1 aromatic heterocycles. The monoisotopic (exact) mass is 426 g/mol. The Balaban J connectivity index is 1.66. The molecule has 0 fully saturated rings. The van der Waals surface area contributed by atoms with Gasteiger partial charge in [0.2, 0.25) is 6.10 Å². The van der Waals surface area contributed by atoms with E-state index in [1.807, 2.05) is 37.3 Å². The number of anilines is 1. The number of methoxy groups -OCH3 is 1. The summed E-state index contributed by atoms with van der Waals surface area (Å²) < 4.78 is 11.0. The van der Waals surface area contributed by atoms with Gasteiger partial charge in [0.25, 0.3) is 5.91 Å². The van der Waals surface area contributed by atoms with Gasteiger partial charge in [0.15, 0.2) is 0 Å². The van der Waals surface area contributed by atoms with E-state index in [9.17, 15) is 9.59 Å². The number of fused-ring (bicyclic) bond motifs is 1. The quantitative estimate of drug-likeness (QED) is 0.435. The van der Waals surface area contributed by atoms with Gasteiger partial charge in [-0.05, 0) is 31.2 Å². The summed E-state index contributed by atoms with van der Waals surface area (Å²) in [7, 11) is 1.55. The number of rotatable bonds is 6. The van der Waals surface area contributed by atoms with Crippen molar-refractivity contribution in [1.82, 2.24) is 4.98 Å². The average molecular weight is 426 g/mol. The van der Waals surface area contributed by atoms with Crippen LogP contribution in [-0.4, -0.2) is 24.0 Å². The first kappa shape index (κ1) is 21.1. The highest BCUT2D eigenvalue weighted by Gasteiger charge is 2.27. The number of nitrogens with zero attached hydrogens (tertiary/aromatic N) is 1. The number of carbonyl (C=O) groups is 2. The lowest BCUT2D eigenvalue weighted by molar-refractivity contribution is -0.125. The lowest BCUT2D eigenvalue weighted by Crippen LogP contribution is -2.26. The van der Waals surface area contributed by atoms with Crippen molar-refractivity contribution in [2.45, 2.75) is 13.0 Å². The number of para-hydroxylation sites is 1. The third kappa shape index (κ3) is 4.59. The maximum absolute atomic E-state index is 13.2. The van der Waals surface area contributed by atoms with Gasteiger partial charge in [0.1, 0.15) is 5.75 Å². The second-order valence-electron chi connectivity index (χ2n) is 7.25. The van der Waals surface area contributed by atoms with Crippen molar-refractivity contribution in [3.05, 3.63) is 102 Å². The molecule has 32 heavy (non-hydrogen) atoms. The molecule has 1 N–H and O–H groups in total. The summed E-state index contributed by atoms with van der Waals surface area (Å²) in [5.74, 6) is -0.455. The Bertz CT molecular complexity index is 1270. The first-order valence-corrected chi connectivity index (χ1v) is 10.1. The van der Waals surface area contributed by atoms with E-state index in [1.54, 1.807) is 61.7 Å². The summed E-state index contributed by atoms with van der Waals surface area (Å²) in [5, 5.41) is 3.48. The number of amides is 1. The maximum Gasteiger partial charge on any atom is 0.340 e. The number of benzene rings is 3. The van der Waals surface area contributed by atoms with Crippen LogP contribution in [0.5, 0.6) is 5.75 Å². The van der Waals surface area contributed by atoms with E-state index in [1.165, 1.54) is 0 Å². The zero-order chi connectivity index (χ0) is 22.5. The molecule has 0 aliphatic carbocycles. The van der Waals surface area contributed by atoms with Crippen LogP contribution in [0.4, 0.5) is 5.69 Å². The molecule has 0 radical (unpaired) electrons. The molecule has 0 saturated carbocycles. The number of carbonyl (C=O) groups excluding carboxylic acids is 2. The molecule has 4 rings (SSSR count).